The predicted molar refractivity (Wildman–Crippen MR) is 84.6 cm³/mol. The molecule has 0 radical (unpaired) electrons. The summed E-state index contributed by atoms with van der Waals surface area (Å²) >= 11 is 3.44. The molecule has 1 aromatic rings. The molecule has 0 spiro atoms. The molecule has 1 N–H and O–H groups in total. The predicted octanol–water partition coefficient (Wildman–Crippen LogP) is 3.96. The minimum Gasteiger partial charge on any atom is -0.355 e. The fraction of sp³-hybridized carbons (Fsp3) is 0.562. The number of carbonyl (C=O) groups is 1. The lowest BCUT2D eigenvalue weighted by molar-refractivity contribution is -0.123. The van der Waals surface area contributed by atoms with Crippen LogP contribution in [-0.4, -0.2) is 17.8 Å². The van der Waals surface area contributed by atoms with Crippen LogP contribution in [-0.2, 0) is 4.79 Å². The fourth-order valence-corrected chi connectivity index (χ4v) is 2.30. The lowest BCUT2D eigenvalue weighted by Crippen LogP contribution is -2.35. The van der Waals surface area contributed by atoms with Crippen molar-refractivity contribution in [2.24, 2.45) is 11.8 Å². The molecule has 1 amide bonds. The zero-order valence-corrected chi connectivity index (χ0v) is 13.6. The number of hydrogen-bond acceptors (Lipinski definition) is 1. The second-order valence-corrected chi connectivity index (χ2v) is 5.93. The average Bonchev–Trinajstić information content (AvgIpc) is 2.45. The van der Waals surface area contributed by atoms with Gasteiger partial charge < -0.3 is 5.32 Å². The van der Waals surface area contributed by atoms with E-state index in [1.54, 1.807) is 0 Å². The Labute approximate surface area is 125 Å². The lowest BCUT2D eigenvalue weighted by Gasteiger charge is -2.23. The van der Waals surface area contributed by atoms with Gasteiger partial charge in [0.1, 0.15) is 0 Å². The van der Waals surface area contributed by atoms with Crippen molar-refractivity contribution < 1.29 is 4.79 Å². The molecule has 0 saturated heterocycles. The molecule has 0 aliphatic carbocycles. The van der Waals surface area contributed by atoms with Crippen molar-refractivity contribution in [3.8, 4) is 0 Å². The zero-order valence-electron chi connectivity index (χ0n) is 12.0. The maximum atomic E-state index is 12.4. The van der Waals surface area contributed by atoms with E-state index in [9.17, 15) is 4.79 Å². The van der Waals surface area contributed by atoms with Gasteiger partial charge in [-0.2, -0.15) is 0 Å². The Morgan fingerprint density at radius 1 is 1.26 bits per heavy atom. The summed E-state index contributed by atoms with van der Waals surface area (Å²) in [4.78, 5) is 12.4. The number of alkyl halides is 1. The van der Waals surface area contributed by atoms with Gasteiger partial charge in [-0.3, -0.25) is 4.79 Å². The normalized spacial score (nSPS) is 15.6. The molecule has 3 unspecified atom stereocenters. The molecule has 0 bridgehead atoms. The summed E-state index contributed by atoms with van der Waals surface area (Å²) in [7, 11) is 0. The van der Waals surface area contributed by atoms with Crippen LogP contribution in [0.5, 0.6) is 0 Å². The molecule has 0 aliphatic rings. The Bertz CT molecular complexity index is 380. The van der Waals surface area contributed by atoms with E-state index in [-0.39, 0.29) is 11.8 Å². The van der Waals surface area contributed by atoms with Gasteiger partial charge in [-0.1, -0.05) is 73.5 Å². The highest BCUT2D eigenvalue weighted by atomic mass is 79.9. The van der Waals surface area contributed by atoms with Crippen LogP contribution in [0.3, 0.4) is 0 Å². The van der Waals surface area contributed by atoms with Crippen molar-refractivity contribution in [2.45, 2.75) is 33.1 Å². The molecule has 0 heterocycles. The lowest BCUT2D eigenvalue weighted by atomic mass is 9.85. The highest BCUT2D eigenvalue weighted by molar-refractivity contribution is 9.09. The summed E-state index contributed by atoms with van der Waals surface area (Å²) in [6.07, 6.45) is 1.00. The number of carbonyl (C=O) groups excluding carboxylic acids is 1. The van der Waals surface area contributed by atoms with Crippen molar-refractivity contribution in [1.29, 1.82) is 0 Å². The molecule has 3 heteroatoms. The largest absolute Gasteiger partial charge is 0.355 e. The Hall–Kier alpha value is -0.830. The Morgan fingerprint density at radius 3 is 2.42 bits per heavy atom. The smallest absolute Gasteiger partial charge is 0.227 e. The first-order valence-electron chi connectivity index (χ1n) is 6.98. The third kappa shape index (κ3) is 4.98. The van der Waals surface area contributed by atoms with Crippen LogP contribution >= 0.6 is 15.9 Å². The molecular weight excluding hydrogens is 302 g/mol. The van der Waals surface area contributed by atoms with E-state index in [4.69, 9.17) is 0 Å². The van der Waals surface area contributed by atoms with Crippen molar-refractivity contribution in [1.82, 2.24) is 5.32 Å². The topological polar surface area (TPSA) is 29.1 Å². The molecule has 1 rings (SSSR count). The third-order valence-corrected chi connectivity index (χ3v) is 4.65. The Kier molecular flexibility index (Phi) is 7.14. The van der Waals surface area contributed by atoms with Crippen LogP contribution in [0.25, 0.3) is 0 Å². The van der Waals surface area contributed by atoms with E-state index < -0.39 is 0 Å². The molecule has 0 aliphatic heterocycles. The molecule has 2 nitrogen and oxygen atoms in total. The van der Waals surface area contributed by atoms with Gasteiger partial charge in [0.25, 0.3) is 0 Å². The van der Waals surface area contributed by atoms with Gasteiger partial charge in [0.05, 0.1) is 5.92 Å². The van der Waals surface area contributed by atoms with E-state index in [0.29, 0.717) is 11.8 Å². The van der Waals surface area contributed by atoms with Crippen LogP contribution in [0.15, 0.2) is 30.3 Å². The number of halogens is 1. The van der Waals surface area contributed by atoms with Crippen LogP contribution < -0.4 is 5.32 Å². The summed E-state index contributed by atoms with van der Waals surface area (Å²) in [5.74, 6) is 0.904. The van der Waals surface area contributed by atoms with Crippen molar-refractivity contribution >= 4 is 21.8 Å². The van der Waals surface area contributed by atoms with E-state index in [1.165, 1.54) is 0 Å². The van der Waals surface area contributed by atoms with E-state index >= 15 is 0 Å². The monoisotopic (exact) mass is 325 g/mol. The maximum absolute atomic E-state index is 12.4. The standard InChI is InChI=1S/C16H24BrNO/c1-4-13(3)15(14-8-6-5-7-9-14)16(19)18-11-12(2)10-17/h5-9,12-13,15H,4,10-11H2,1-3H3,(H,18,19). The zero-order chi connectivity index (χ0) is 14.3. The van der Waals surface area contributed by atoms with Gasteiger partial charge in [-0.05, 0) is 17.4 Å². The fourth-order valence-electron chi connectivity index (χ4n) is 2.07. The van der Waals surface area contributed by atoms with Crippen molar-refractivity contribution in [3.05, 3.63) is 35.9 Å². The SMILES string of the molecule is CCC(C)C(C(=O)NCC(C)CBr)c1ccccc1. The number of nitrogens with one attached hydrogen (secondary N) is 1. The van der Waals surface area contributed by atoms with E-state index in [2.05, 4.69) is 42.0 Å². The van der Waals surface area contributed by atoms with Gasteiger partial charge >= 0.3 is 0 Å². The second kappa shape index (κ2) is 8.36. The molecular formula is C16H24BrNO. The molecule has 106 valence electrons. The summed E-state index contributed by atoms with van der Waals surface area (Å²) in [6, 6.07) is 10.1. The van der Waals surface area contributed by atoms with Gasteiger partial charge in [-0.15, -0.1) is 0 Å². The second-order valence-electron chi connectivity index (χ2n) is 5.28. The van der Waals surface area contributed by atoms with E-state index in [1.807, 2.05) is 30.3 Å². The van der Waals surface area contributed by atoms with Crippen LogP contribution in [0.2, 0.25) is 0 Å². The van der Waals surface area contributed by atoms with Gasteiger partial charge in [0.2, 0.25) is 5.91 Å². The highest BCUT2D eigenvalue weighted by Crippen LogP contribution is 2.27. The Balaban J connectivity index is 2.77. The molecule has 3 atom stereocenters. The van der Waals surface area contributed by atoms with Crippen molar-refractivity contribution in [2.75, 3.05) is 11.9 Å². The average molecular weight is 326 g/mol. The van der Waals surface area contributed by atoms with Crippen LogP contribution in [0.1, 0.15) is 38.7 Å². The van der Waals surface area contributed by atoms with Crippen LogP contribution in [0.4, 0.5) is 0 Å². The summed E-state index contributed by atoms with van der Waals surface area (Å²) in [5, 5.41) is 3.99. The molecule has 1 aromatic carbocycles. The number of benzene rings is 1. The van der Waals surface area contributed by atoms with Gasteiger partial charge in [0, 0.05) is 11.9 Å². The first-order chi connectivity index (χ1) is 9.10. The van der Waals surface area contributed by atoms with Gasteiger partial charge in [0.15, 0.2) is 0 Å². The number of rotatable bonds is 7. The summed E-state index contributed by atoms with van der Waals surface area (Å²) in [5.41, 5.74) is 1.11. The van der Waals surface area contributed by atoms with E-state index in [0.717, 1.165) is 23.9 Å². The first kappa shape index (κ1) is 16.2. The highest BCUT2D eigenvalue weighted by Gasteiger charge is 2.25. The maximum Gasteiger partial charge on any atom is 0.227 e. The minimum atomic E-state index is -0.0475. The quantitative estimate of drug-likeness (QED) is 0.755. The van der Waals surface area contributed by atoms with Gasteiger partial charge in [-0.25, -0.2) is 0 Å². The van der Waals surface area contributed by atoms with Crippen molar-refractivity contribution in [3.63, 3.8) is 0 Å². The third-order valence-electron chi connectivity index (χ3n) is 3.54. The first-order valence-corrected chi connectivity index (χ1v) is 8.10. The summed E-state index contributed by atoms with van der Waals surface area (Å²) < 4.78 is 0. The Morgan fingerprint density at radius 2 is 1.89 bits per heavy atom. The number of hydrogen-bond donors (Lipinski definition) is 1. The molecule has 0 aromatic heterocycles. The summed E-state index contributed by atoms with van der Waals surface area (Å²) in [6.45, 7) is 7.12. The minimum absolute atomic E-state index is 0.0475. The molecule has 0 fully saturated rings. The van der Waals surface area contributed by atoms with Crippen LogP contribution in [0, 0.1) is 11.8 Å². The molecule has 19 heavy (non-hydrogen) atoms. The molecule has 0 saturated carbocycles. The number of amides is 1.